The van der Waals surface area contributed by atoms with E-state index >= 15 is 0 Å². The first-order valence-corrected chi connectivity index (χ1v) is 9.98. The summed E-state index contributed by atoms with van der Waals surface area (Å²) in [5.41, 5.74) is 1.99. The molecule has 150 valence electrons. The first-order chi connectivity index (χ1) is 13.2. The van der Waals surface area contributed by atoms with Crippen molar-refractivity contribution in [3.8, 4) is 0 Å². The van der Waals surface area contributed by atoms with Crippen molar-refractivity contribution < 1.29 is 14.3 Å². The van der Waals surface area contributed by atoms with Crippen LogP contribution in [0.4, 0.5) is 4.39 Å². The lowest BCUT2D eigenvalue weighted by molar-refractivity contribution is 0.0268. The van der Waals surface area contributed by atoms with Gasteiger partial charge in [0.2, 0.25) is 0 Å². The normalized spacial score (nSPS) is 20.2. The molecule has 3 rings (SSSR count). The van der Waals surface area contributed by atoms with Crippen LogP contribution in [0.25, 0.3) is 0 Å². The highest BCUT2D eigenvalue weighted by molar-refractivity contribution is 5.94. The van der Waals surface area contributed by atoms with Crippen molar-refractivity contribution in [3.63, 3.8) is 0 Å². The molecule has 0 radical (unpaired) electrons. The number of carbonyl (C=O) groups is 1. The molecule has 0 saturated carbocycles. The topological polar surface area (TPSA) is 40.5 Å². The van der Waals surface area contributed by atoms with E-state index in [0.717, 1.165) is 12.8 Å². The molecule has 3 nitrogen and oxygen atoms in total. The van der Waals surface area contributed by atoms with Crippen LogP contribution in [0.15, 0.2) is 48.5 Å². The second kappa shape index (κ2) is 8.04. The van der Waals surface area contributed by atoms with Crippen molar-refractivity contribution in [2.45, 2.75) is 45.4 Å². The van der Waals surface area contributed by atoms with Gasteiger partial charge in [-0.15, -0.1) is 0 Å². The molecule has 0 aliphatic carbocycles. The Morgan fingerprint density at radius 2 is 1.82 bits per heavy atom. The van der Waals surface area contributed by atoms with Crippen molar-refractivity contribution in [3.05, 3.63) is 71.0 Å². The lowest BCUT2D eigenvalue weighted by atomic mass is 9.75. The minimum atomic E-state index is -0.499. The highest BCUT2D eigenvalue weighted by Gasteiger charge is 2.37. The van der Waals surface area contributed by atoms with Crippen molar-refractivity contribution in [1.29, 1.82) is 0 Å². The standard InChI is InChI=1S/C24H30FNO2/c1-23(2,3)20-11-9-18(10-12-20)22(28)26-14-6-13-24(16-26,17-27)15-19-7-4-5-8-21(19)25/h4-5,7-12,27H,6,13-17H2,1-3H3/t24-/m1/s1. The number of carbonyl (C=O) groups excluding carboxylic acids is 1. The fourth-order valence-corrected chi connectivity index (χ4v) is 4.05. The van der Waals surface area contributed by atoms with Gasteiger partial charge in [-0.05, 0) is 54.0 Å². The van der Waals surface area contributed by atoms with E-state index in [0.29, 0.717) is 30.6 Å². The maximum absolute atomic E-state index is 14.1. The predicted molar refractivity (Wildman–Crippen MR) is 110 cm³/mol. The Balaban J connectivity index is 1.77. The quantitative estimate of drug-likeness (QED) is 0.839. The number of hydrogen-bond acceptors (Lipinski definition) is 2. The molecule has 1 saturated heterocycles. The van der Waals surface area contributed by atoms with Crippen LogP contribution in [0.1, 0.15) is 55.1 Å². The summed E-state index contributed by atoms with van der Waals surface area (Å²) >= 11 is 0. The molecule has 1 fully saturated rings. The van der Waals surface area contributed by atoms with E-state index in [9.17, 15) is 14.3 Å². The summed E-state index contributed by atoms with van der Waals surface area (Å²) in [5, 5.41) is 10.1. The number of benzene rings is 2. The Morgan fingerprint density at radius 3 is 2.43 bits per heavy atom. The van der Waals surface area contributed by atoms with Gasteiger partial charge >= 0.3 is 0 Å². The zero-order valence-electron chi connectivity index (χ0n) is 17.0. The average Bonchev–Trinajstić information content (AvgIpc) is 2.69. The number of aliphatic hydroxyl groups excluding tert-OH is 1. The van der Waals surface area contributed by atoms with Crippen molar-refractivity contribution in [2.75, 3.05) is 19.7 Å². The molecule has 0 unspecified atom stereocenters. The van der Waals surface area contributed by atoms with Crippen molar-refractivity contribution >= 4 is 5.91 Å². The van der Waals surface area contributed by atoms with Gasteiger partial charge < -0.3 is 10.0 Å². The number of nitrogens with zero attached hydrogens (tertiary/aromatic N) is 1. The summed E-state index contributed by atoms with van der Waals surface area (Å²) in [5.74, 6) is -0.275. The number of aliphatic hydroxyl groups is 1. The average molecular weight is 384 g/mol. The molecule has 0 aromatic heterocycles. The summed E-state index contributed by atoms with van der Waals surface area (Å²) in [6.45, 7) is 7.48. The van der Waals surface area contributed by atoms with E-state index in [4.69, 9.17) is 0 Å². The molecule has 4 heteroatoms. The number of hydrogen-bond donors (Lipinski definition) is 1. The van der Waals surface area contributed by atoms with Crippen LogP contribution in [0.2, 0.25) is 0 Å². The van der Waals surface area contributed by atoms with Crippen LogP contribution in [-0.4, -0.2) is 35.6 Å². The van der Waals surface area contributed by atoms with E-state index in [1.165, 1.54) is 11.6 Å². The Hall–Kier alpha value is -2.20. The number of piperidine rings is 1. The van der Waals surface area contributed by atoms with Crippen LogP contribution in [0.5, 0.6) is 0 Å². The SMILES string of the molecule is CC(C)(C)c1ccc(C(=O)N2CCC[C@@](CO)(Cc3ccccc3F)C2)cc1. The van der Waals surface area contributed by atoms with E-state index in [1.807, 2.05) is 35.2 Å². The van der Waals surface area contributed by atoms with E-state index in [2.05, 4.69) is 20.8 Å². The highest BCUT2D eigenvalue weighted by atomic mass is 19.1. The summed E-state index contributed by atoms with van der Waals surface area (Å²) in [6, 6.07) is 14.5. The first-order valence-electron chi connectivity index (χ1n) is 9.98. The molecule has 1 amide bonds. The van der Waals surface area contributed by atoms with Gasteiger partial charge in [-0.2, -0.15) is 0 Å². The van der Waals surface area contributed by atoms with E-state index in [1.54, 1.807) is 12.1 Å². The summed E-state index contributed by atoms with van der Waals surface area (Å²) in [6.07, 6.45) is 2.02. The maximum atomic E-state index is 14.1. The number of halogens is 1. The maximum Gasteiger partial charge on any atom is 0.253 e. The van der Waals surface area contributed by atoms with Gasteiger partial charge in [-0.25, -0.2) is 4.39 Å². The summed E-state index contributed by atoms with van der Waals surface area (Å²) in [4.78, 5) is 14.9. The second-order valence-electron chi connectivity index (χ2n) is 9.08. The Kier molecular flexibility index (Phi) is 5.90. The lowest BCUT2D eigenvalue weighted by Gasteiger charge is -2.42. The highest BCUT2D eigenvalue weighted by Crippen LogP contribution is 2.35. The van der Waals surface area contributed by atoms with Gasteiger partial charge in [0.1, 0.15) is 5.82 Å². The van der Waals surface area contributed by atoms with Crippen LogP contribution >= 0.6 is 0 Å². The fourth-order valence-electron chi connectivity index (χ4n) is 4.05. The molecular formula is C24H30FNO2. The summed E-state index contributed by atoms with van der Waals surface area (Å²) < 4.78 is 14.1. The zero-order chi connectivity index (χ0) is 20.4. The third-order valence-corrected chi connectivity index (χ3v) is 5.81. The molecule has 1 aliphatic heterocycles. The minimum absolute atomic E-state index is 0.0217. The molecule has 1 atom stereocenters. The van der Waals surface area contributed by atoms with Gasteiger partial charge in [0.15, 0.2) is 0 Å². The van der Waals surface area contributed by atoms with Gasteiger partial charge in [-0.3, -0.25) is 4.79 Å². The zero-order valence-corrected chi connectivity index (χ0v) is 17.0. The number of amides is 1. The van der Waals surface area contributed by atoms with Crippen LogP contribution in [0, 0.1) is 11.2 Å². The molecule has 0 bridgehead atoms. The van der Waals surface area contributed by atoms with Crippen LogP contribution in [-0.2, 0) is 11.8 Å². The first kappa shape index (κ1) is 20.5. The molecular weight excluding hydrogens is 353 g/mol. The van der Waals surface area contributed by atoms with E-state index in [-0.39, 0.29) is 23.7 Å². The number of likely N-dealkylation sites (tertiary alicyclic amines) is 1. The van der Waals surface area contributed by atoms with E-state index < -0.39 is 5.41 Å². The second-order valence-corrected chi connectivity index (χ2v) is 9.08. The molecule has 0 spiro atoms. The Bertz CT molecular complexity index is 825. The number of rotatable bonds is 4. The van der Waals surface area contributed by atoms with Gasteiger partial charge in [0, 0.05) is 24.1 Å². The monoisotopic (exact) mass is 383 g/mol. The van der Waals surface area contributed by atoms with Crippen LogP contribution < -0.4 is 0 Å². The van der Waals surface area contributed by atoms with Gasteiger partial charge in [0.25, 0.3) is 5.91 Å². The molecule has 1 heterocycles. The lowest BCUT2D eigenvalue weighted by Crippen LogP contribution is -2.49. The third kappa shape index (κ3) is 4.44. The largest absolute Gasteiger partial charge is 0.396 e. The molecule has 1 N–H and O–H groups in total. The molecule has 28 heavy (non-hydrogen) atoms. The fraction of sp³-hybridized carbons (Fsp3) is 0.458. The summed E-state index contributed by atoms with van der Waals surface area (Å²) in [7, 11) is 0. The van der Waals surface area contributed by atoms with Crippen molar-refractivity contribution in [2.24, 2.45) is 5.41 Å². The Morgan fingerprint density at radius 1 is 1.14 bits per heavy atom. The third-order valence-electron chi connectivity index (χ3n) is 5.81. The molecule has 2 aromatic carbocycles. The minimum Gasteiger partial charge on any atom is -0.396 e. The van der Waals surface area contributed by atoms with Crippen molar-refractivity contribution in [1.82, 2.24) is 4.90 Å². The van der Waals surface area contributed by atoms with Crippen LogP contribution in [0.3, 0.4) is 0 Å². The molecule has 2 aromatic rings. The molecule has 1 aliphatic rings. The van der Waals surface area contributed by atoms with Gasteiger partial charge in [-0.1, -0.05) is 51.1 Å². The predicted octanol–water partition coefficient (Wildman–Crippen LogP) is 4.58. The Labute approximate surface area is 167 Å². The van der Waals surface area contributed by atoms with Gasteiger partial charge in [0.05, 0.1) is 6.61 Å². The smallest absolute Gasteiger partial charge is 0.253 e.